The third-order valence-electron chi connectivity index (χ3n) is 2.03. The zero-order valence-electron chi connectivity index (χ0n) is 9.86. The first-order valence-corrected chi connectivity index (χ1v) is 5.61. The van der Waals surface area contributed by atoms with Crippen molar-refractivity contribution in [3.8, 4) is 17.6 Å². The lowest BCUT2D eigenvalue weighted by Crippen LogP contribution is -2.15. The second kappa shape index (κ2) is 6.86. The van der Waals surface area contributed by atoms with E-state index in [1.165, 1.54) is 0 Å². The molecule has 1 aromatic rings. The Kier molecular flexibility index (Phi) is 5.38. The van der Waals surface area contributed by atoms with Gasteiger partial charge in [-0.1, -0.05) is 25.7 Å². The summed E-state index contributed by atoms with van der Waals surface area (Å²) in [6.07, 6.45) is 5.25. The molecule has 86 valence electrons. The van der Waals surface area contributed by atoms with Crippen molar-refractivity contribution < 1.29 is 4.74 Å². The van der Waals surface area contributed by atoms with E-state index in [1.807, 2.05) is 13.0 Å². The van der Waals surface area contributed by atoms with Gasteiger partial charge < -0.3 is 10.5 Å². The highest BCUT2D eigenvalue weighted by atomic mass is 16.5. The third kappa shape index (κ3) is 4.33. The summed E-state index contributed by atoms with van der Waals surface area (Å²) >= 11 is 0. The fourth-order valence-electron chi connectivity index (χ4n) is 1.06. The summed E-state index contributed by atoms with van der Waals surface area (Å²) in [6, 6.07) is 1.82. The maximum Gasteiger partial charge on any atom is 0.138 e. The van der Waals surface area contributed by atoms with Crippen molar-refractivity contribution in [2.24, 2.45) is 5.73 Å². The monoisotopic (exact) mass is 218 g/mol. The van der Waals surface area contributed by atoms with Gasteiger partial charge in [-0.05, 0) is 18.9 Å². The lowest BCUT2D eigenvalue weighted by atomic mass is 10.2. The molecule has 0 fully saturated rings. The molecule has 0 spiro atoms. The SMILES string of the molecule is CCCOc1cncc(C#CC(N)CC)c1. The van der Waals surface area contributed by atoms with Gasteiger partial charge in [0.05, 0.1) is 18.8 Å². The third-order valence-corrected chi connectivity index (χ3v) is 2.03. The topological polar surface area (TPSA) is 48.1 Å². The zero-order valence-corrected chi connectivity index (χ0v) is 9.86. The van der Waals surface area contributed by atoms with Gasteiger partial charge in [-0.15, -0.1) is 0 Å². The molecule has 0 radical (unpaired) electrons. The highest BCUT2D eigenvalue weighted by Crippen LogP contribution is 2.10. The molecule has 1 aromatic heterocycles. The fourth-order valence-corrected chi connectivity index (χ4v) is 1.06. The Morgan fingerprint density at radius 1 is 1.44 bits per heavy atom. The van der Waals surface area contributed by atoms with E-state index in [0.29, 0.717) is 6.61 Å². The van der Waals surface area contributed by atoms with Crippen molar-refractivity contribution in [1.29, 1.82) is 0 Å². The van der Waals surface area contributed by atoms with E-state index in [2.05, 4.69) is 23.7 Å². The quantitative estimate of drug-likeness (QED) is 0.786. The average molecular weight is 218 g/mol. The standard InChI is InChI=1S/C13H18N2O/c1-3-7-16-13-8-11(9-15-10-13)5-6-12(14)4-2/h8-10,12H,3-4,7,14H2,1-2H3. The number of nitrogens with two attached hydrogens (primary N) is 1. The van der Waals surface area contributed by atoms with Gasteiger partial charge >= 0.3 is 0 Å². The van der Waals surface area contributed by atoms with Gasteiger partial charge in [0.25, 0.3) is 0 Å². The molecule has 0 aliphatic carbocycles. The Morgan fingerprint density at radius 3 is 2.94 bits per heavy atom. The summed E-state index contributed by atoms with van der Waals surface area (Å²) in [4.78, 5) is 4.07. The summed E-state index contributed by atoms with van der Waals surface area (Å²) < 4.78 is 5.47. The minimum atomic E-state index is -0.0692. The van der Waals surface area contributed by atoms with Crippen LogP contribution >= 0.6 is 0 Å². The highest BCUT2D eigenvalue weighted by molar-refractivity contribution is 5.37. The molecular weight excluding hydrogens is 200 g/mol. The molecule has 0 saturated carbocycles. The molecular formula is C13H18N2O. The number of ether oxygens (including phenoxy) is 1. The fraction of sp³-hybridized carbons (Fsp3) is 0.462. The normalized spacial score (nSPS) is 11.4. The molecule has 3 nitrogen and oxygen atoms in total. The van der Waals surface area contributed by atoms with E-state index >= 15 is 0 Å². The van der Waals surface area contributed by atoms with Crippen molar-refractivity contribution in [2.75, 3.05) is 6.61 Å². The highest BCUT2D eigenvalue weighted by Gasteiger charge is 1.95. The van der Waals surface area contributed by atoms with Gasteiger partial charge in [0.2, 0.25) is 0 Å². The van der Waals surface area contributed by atoms with Crippen LogP contribution in [0.2, 0.25) is 0 Å². The van der Waals surface area contributed by atoms with E-state index in [0.717, 1.165) is 24.2 Å². The smallest absolute Gasteiger partial charge is 0.138 e. The Labute approximate surface area is 97.0 Å². The molecule has 1 unspecified atom stereocenters. The van der Waals surface area contributed by atoms with Gasteiger partial charge in [0, 0.05) is 11.8 Å². The Bertz CT molecular complexity index is 379. The number of rotatable bonds is 4. The van der Waals surface area contributed by atoms with E-state index in [1.54, 1.807) is 12.4 Å². The minimum absolute atomic E-state index is 0.0692. The molecule has 0 saturated heterocycles. The summed E-state index contributed by atoms with van der Waals surface area (Å²) in [5.74, 6) is 6.72. The summed E-state index contributed by atoms with van der Waals surface area (Å²) in [7, 11) is 0. The van der Waals surface area contributed by atoms with E-state index < -0.39 is 0 Å². The second-order valence-electron chi connectivity index (χ2n) is 3.54. The largest absolute Gasteiger partial charge is 0.492 e. The lowest BCUT2D eigenvalue weighted by Gasteiger charge is -2.03. The van der Waals surface area contributed by atoms with Gasteiger partial charge in [-0.3, -0.25) is 4.98 Å². The zero-order chi connectivity index (χ0) is 11.8. The summed E-state index contributed by atoms with van der Waals surface area (Å²) in [5.41, 5.74) is 6.56. The van der Waals surface area contributed by atoms with Gasteiger partial charge in [-0.25, -0.2) is 0 Å². The van der Waals surface area contributed by atoms with Crippen molar-refractivity contribution in [2.45, 2.75) is 32.7 Å². The van der Waals surface area contributed by atoms with Crippen LogP contribution in [-0.4, -0.2) is 17.6 Å². The molecule has 1 atom stereocenters. The van der Waals surface area contributed by atoms with Crippen LogP contribution in [0, 0.1) is 11.8 Å². The molecule has 16 heavy (non-hydrogen) atoms. The van der Waals surface area contributed by atoms with Crippen LogP contribution in [0.1, 0.15) is 32.3 Å². The van der Waals surface area contributed by atoms with Crippen LogP contribution in [0.3, 0.4) is 0 Å². The Hall–Kier alpha value is -1.53. The van der Waals surface area contributed by atoms with Crippen LogP contribution in [0.5, 0.6) is 5.75 Å². The Morgan fingerprint density at radius 2 is 2.25 bits per heavy atom. The van der Waals surface area contributed by atoms with Gasteiger partial charge in [0.1, 0.15) is 5.75 Å². The molecule has 1 rings (SSSR count). The predicted octanol–water partition coefficient (Wildman–Crippen LogP) is 1.96. The van der Waals surface area contributed by atoms with E-state index in [-0.39, 0.29) is 6.04 Å². The number of pyridine rings is 1. The van der Waals surface area contributed by atoms with Crippen molar-refractivity contribution in [1.82, 2.24) is 4.98 Å². The number of hydrogen-bond donors (Lipinski definition) is 1. The lowest BCUT2D eigenvalue weighted by molar-refractivity contribution is 0.316. The maximum atomic E-state index is 5.71. The maximum absolute atomic E-state index is 5.71. The number of aromatic nitrogens is 1. The van der Waals surface area contributed by atoms with Crippen LogP contribution in [0.25, 0.3) is 0 Å². The molecule has 0 aliphatic heterocycles. The van der Waals surface area contributed by atoms with E-state index in [4.69, 9.17) is 10.5 Å². The molecule has 2 N–H and O–H groups in total. The molecule has 0 bridgehead atoms. The second-order valence-corrected chi connectivity index (χ2v) is 3.54. The average Bonchev–Trinajstić information content (AvgIpc) is 2.34. The van der Waals surface area contributed by atoms with Crippen LogP contribution in [0.4, 0.5) is 0 Å². The molecule has 0 aromatic carbocycles. The first-order valence-electron chi connectivity index (χ1n) is 5.61. The summed E-state index contributed by atoms with van der Waals surface area (Å²) in [5, 5.41) is 0. The molecule has 3 heteroatoms. The molecule has 1 heterocycles. The van der Waals surface area contributed by atoms with E-state index in [9.17, 15) is 0 Å². The van der Waals surface area contributed by atoms with Gasteiger partial charge in [-0.2, -0.15) is 0 Å². The first kappa shape index (κ1) is 12.5. The predicted molar refractivity (Wildman–Crippen MR) is 65.2 cm³/mol. The minimum Gasteiger partial charge on any atom is -0.492 e. The Balaban J connectivity index is 2.69. The number of nitrogens with zero attached hydrogens (tertiary/aromatic N) is 1. The van der Waals surface area contributed by atoms with Crippen molar-refractivity contribution in [3.63, 3.8) is 0 Å². The van der Waals surface area contributed by atoms with Crippen LogP contribution in [0.15, 0.2) is 18.5 Å². The summed E-state index contributed by atoms with van der Waals surface area (Å²) in [6.45, 7) is 4.78. The first-order chi connectivity index (χ1) is 7.76. The van der Waals surface area contributed by atoms with Gasteiger partial charge in [0.15, 0.2) is 0 Å². The van der Waals surface area contributed by atoms with Crippen LogP contribution in [-0.2, 0) is 0 Å². The van der Waals surface area contributed by atoms with Crippen LogP contribution < -0.4 is 10.5 Å². The number of hydrogen-bond acceptors (Lipinski definition) is 3. The van der Waals surface area contributed by atoms with Crippen molar-refractivity contribution in [3.05, 3.63) is 24.0 Å². The van der Waals surface area contributed by atoms with Crippen molar-refractivity contribution >= 4 is 0 Å². The molecule has 0 aliphatic rings. The molecule has 0 amide bonds.